The van der Waals surface area contributed by atoms with Crippen molar-refractivity contribution in [2.24, 2.45) is 5.73 Å². The average Bonchev–Trinajstić information content (AvgIpc) is 2.08. The van der Waals surface area contributed by atoms with Crippen LogP contribution in [0, 0.1) is 12.7 Å². The average molecular weight is 171 g/mol. The van der Waals surface area contributed by atoms with Gasteiger partial charge >= 0.3 is 0 Å². The van der Waals surface area contributed by atoms with E-state index in [9.17, 15) is 8.78 Å². The van der Waals surface area contributed by atoms with Crippen molar-refractivity contribution in [3.63, 3.8) is 0 Å². The van der Waals surface area contributed by atoms with Crippen LogP contribution in [0.1, 0.15) is 17.2 Å². The van der Waals surface area contributed by atoms with Crippen molar-refractivity contribution in [2.45, 2.75) is 13.0 Å². The van der Waals surface area contributed by atoms with Gasteiger partial charge < -0.3 is 5.73 Å². The maximum atomic E-state index is 12.9. The Kier molecular flexibility index (Phi) is 2.76. The smallest absolute Gasteiger partial charge is 0.126 e. The first-order chi connectivity index (χ1) is 5.66. The quantitative estimate of drug-likeness (QED) is 0.724. The summed E-state index contributed by atoms with van der Waals surface area (Å²) in [4.78, 5) is 0. The molecule has 1 nitrogen and oxygen atoms in total. The van der Waals surface area contributed by atoms with Crippen LogP contribution in [0.3, 0.4) is 0 Å². The number of nitrogens with two attached hydrogens (primary N) is 1. The van der Waals surface area contributed by atoms with Gasteiger partial charge in [-0.2, -0.15) is 0 Å². The maximum absolute atomic E-state index is 12.9. The van der Waals surface area contributed by atoms with Crippen molar-refractivity contribution in [3.05, 3.63) is 35.1 Å². The molecule has 1 aromatic carbocycles. The second-order valence-corrected chi connectivity index (χ2v) is 2.71. The maximum Gasteiger partial charge on any atom is 0.126 e. The third kappa shape index (κ3) is 1.61. The van der Waals surface area contributed by atoms with Gasteiger partial charge in [-0.25, -0.2) is 8.78 Å². The molecule has 1 aromatic rings. The zero-order chi connectivity index (χ0) is 9.14. The molecule has 0 radical (unpaired) electrons. The Morgan fingerprint density at radius 1 is 1.50 bits per heavy atom. The summed E-state index contributed by atoms with van der Waals surface area (Å²) < 4.78 is 25.0. The predicted molar refractivity (Wildman–Crippen MR) is 44.0 cm³/mol. The number of rotatable bonds is 2. The van der Waals surface area contributed by atoms with E-state index in [2.05, 4.69) is 0 Å². The third-order valence-corrected chi connectivity index (χ3v) is 1.88. The normalized spacial score (nSPS) is 13.0. The van der Waals surface area contributed by atoms with E-state index in [1.165, 1.54) is 12.1 Å². The number of benzene rings is 1. The number of hydrogen-bond donors (Lipinski definition) is 1. The summed E-state index contributed by atoms with van der Waals surface area (Å²) in [6.45, 7) is 0.935. The molecule has 0 aliphatic heterocycles. The molecule has 12 heavy (non-hydrogen) atoms. The fraction of sp³-hybridized carbons (Fsp3) is 0.333. The molecular weight excluding hydrogens is 160 g/mol. The number of halogens is 2. The summed E-state index contributed by atoms with van der Waals surface area (Å²) in [6.07, 6.45) is 0. The molecule has 0 bridgehead atoms. The van der Waals surface area contributed by atoms with Crippen LogP contribution < -0.4 is 5.73 Å². The van der Waals surface area contributed by atoms with Gasteiger partial charge in [0.1, 0.15) is 12.5 Å². The molecule has 3 heteroatoms. The second-order valence-electron chi connectivity index (χ2n) is 2.71. The van der Waals surface area contributed by atoms with Gasteiger partial charge in [0.25, 0.3) is 0 Å². The first kappa shape index (κ1) is 9.13. The van der Waals surface area contributed by atoms with E-state index >= 15 is 0 Å². The lowest BCUT2D eigenvalue weighted by Crippen LogP contribution is -2.14. The van der Waals surface area contributed by atoms with E-state index in [1.807, 2.05) is 0 Å². The van der Waals surface area contributed by atoms with Gasteiger partial charge in [0, 0.05) is 0 Å². The molecule has 0 spiro atoms. The van der Waals surface area contributed by atoms with Crippen LogP contribution in [-0.4, -0.2) is 6.67 Å². The molecule has 0 aliphatic carbocycles. The first-order valence-corrected chi connectivity index (χ1v) is 3.73. The Hall–Kier alpha value is -0.960. The van der Waals surface area contributed by atoms with Crippen LogP contribution in [0.25, 0.3) is 0 Å². The van der Waals surface area contributed by atoms with Crippen molar-refractivity contribution in [3.8, 4) is 0 Å². The lowest BCUT2D eigenvalue weighted by molar-refractivity contribution is 0.434. The SMILES string of the molecule is Cc1c(F)cccc1[C@@H](N)CF. The Balaban J connectivity index is 3.07. The van der Waals surface area contributed by atoms with Gasteiger partial charge in [-0.3, -0.25) is 0 Å². The number of alkyl halides is 1. The molecule has 1 atom stereocenters. The molecule has 0 saturated carbocycles. The van der Waals surface area contributed by atoms with Crippen molar-refractivity contribution >= 4 is 0 Å². The van der Waals surface area contributed by atoms with Crippen molar-refractivity contribution in [2.75, 3.05) is 6.67 Å². The van der Waals surface area contributed by atoms with E-state index in [0.717, 1.165) is 0 Å². The molecule has 0 aromatic heterocycles. The topological polar surface area (TPSA) is 26.0 Å². The highest BCUT2D eigenvalue weighted by Gasteiger charge is 2.10. The summed E-state index contributed by atoms with van der Waals surface area (Å²) >= 11 is 0. The van der Waals surface area contributed by atoms with Crippen LogP contribution in [-0.2, 0) is 0 Å². The highest BCUT2D eigenvalue weighted by Crippen LogP contribution is 2.18. The molecule has 0 fully saturated rings. The van der Waals surface area contributed by atoms with Crippen molar-refractivity contribution in [1.29, 1.82) is 0 Å². The van der Waals surface area contributed by atoms with Gasteiger partial charge in [0.2, 0.25) is 0 Å². The highest BCUT2D eigenvalue weighted by molar-refractivity contribution is 5.29. The van der Waals surface area contributed by atoms with E-state index in [4.69, 9.17) is 5.73 Å². The minimum atomic E-state index is -0.708. The molecule has 1 rings (SSSR count). The van der Waals surface area contributed by atoms with Crippen molar-refractivity contribution in [1.82, 2.24) is 0 Å². The predicted octanol–water partition coefficient (Wildman–Crippen LogP) is 2.10. The monoisotopic (exact) mass is 171 g/mol. The minimum Gasteiger partial charge on any atom is -0.322 e. The van der Waals surface area contributed by atoms with Gasteiger partial charge in [-0.05, 0) is 24.1 Å². The highest BCUT2D eigenvalue weighted by atomic mass is 19.1. The summed E-state index contributed by atoms with van der Waals surface area (Å²) in [6, 6.07) is 3.81. The fourth-order valence-corrected chi connectivity index (χ4v) is 1.11. The molecule has 0 saturated heterocycles. The summed E-state index contributed by atoms with van der Waals surface area (Å²) in [5, 5.41) is 0. The first-order valence-electron chi connectivity index (χ1n) is 3.73. The molecule has 66 valence electrons. The van der Waals surface area contributed by atoms with Crippen LogP contribution in [0.5, 0.6) is 0 Å². The summed E-state index contributed by atoms with van der Waals surface area (Å²) in [5.41, 5.74) is 6.39. The second kappa shape index (κ2) is 3.63. The van der Waals surface area contributed by atoms with Gasteiger partial charge in [0.05, 0.1) is 6.04 Å². The Morgan fingerprint density at radius 3 is 2.75 bits per heavy atom. The van der Waals surface area contributed by atoms with E-state index in [1.54, 1.807) is 13.0 Å². The molecule has 0 aliphatic rings. The van der Waals surface area contributed by atoms with Crippen LogP contribution >= 0.6 is 0 Å². The van der Waals surface area contributed by atoms with Crippen LogP contribution in [0.2, 0.25) is 0 Å². The Bertz CT molecular complexity index is 273. The van der Waals surface area contributed by atoms with E-state index in [-0.39, 0.29) is 5.82 Å². The molecule has 2 N–H and O–H groups in total. The largest absolute Gasteiger partial charge is 0.322 e. The van der Waals surface area contributed by atoms with Crippen LogP contribution in [0.15, 0.2) is 18.2 Å². The zero-order valence-electron chi connectivity index (χ0n) is 6.85. The molecule has 0 heterocycles. The Labute approximate surface area is 70.2 Å². The standard InChI is InChI=1S/C9H11F2N/c1-6-7(9(12)5-10)3-2-4-8(6)11/h2-4,9H,5,12H2,1H3/t9-/m0/s1. The van der Waals surface area contributed by atoms with Gasteiger partial charge in [-0.1, -0.05) is 12.1 Å². The third-order valence-electron chi connectivity index (χ3n) is 1.88. The van der Waals surface area contributed by atoms with Crippen molar-refractivity contribution < 1.29 is 8.78 Å². The lowest BCUT2D eigenvalue weighted by atomic mass is 10.0. The summed E-state index contributed by atoms with van der Waals surface area (Å²) in [5.74, 6) is -0.337. The van der Waals surface area contributed by atoms with E-state index < -0.39 is 12.7 Å². The zero-order valence-corrected chi connectivity index (χ0v) is 6.85. The lowest BCUT2D eigenvalue weighted by Gasteiger charge is -2.10. The molecular formula is C9H11F2N. The molecule has 0 amide bonds. The summed E-state index contributed by atoms with van der Waals surface area (Å²) in [7, 11) is 0. The van der Waals surface area contributed by atoms with Gasteiger partial charge in [0.15, 0.2) is 0 Å². The molecule has 0 unspecified atom stereocenters. The number of hydrogen-bond acceptors (Lipinski definition) is 1. The van der Waals surface area contributed by atoms with Gasteiger partial charge in [-0.15, -0.1) is 0 Å². The van der Waals surface area contributed by atoms with Crippen LogP contribution in [0.4, 0.5) is 8.78 Å². The fourth-order valence-electron chi connectivity index (χ4n) is 1.11. The van der Waals surface area contributed by atoms with E-state index in [0.29, 0.717) is 11.1 Å². The minimum absolute atomic E-state index is 0.337. The Morgan fingerprint density at radius 2 is 2.17 bits per heavy atom.